The summed E-state index contributed by atoms with van der Waals surface area (Å²) in [7, 11) is 0. The molecule has 3 rings (SSSR count). The minimum atomic E-state index is -0.402. The Bertz CT molecular complexity index is 1190. The number of carbonyl (C=O) groups excluding carboxylic acids is 4. The molecule has 10 heteroatoms. The van der Waals surface area contributed by atoms with Crippen LogP contribution in [0.5, 0.6) is 0 Å². The minimum Gasteiger partial charge on any atom is -0.352 e. The highest BCUT2D eigenvalue weighted by Gasteiger charge is 2.14. The molecule has 0 atom stereocenters. The van der Waals surface area contributed by atoms with Gasteiger partial charge >= 0.3 is 0 Å². The average molecular weight is 487 g/mol. The lowest BCUT2D eigenvalue weighted by atomic mass is 10.1. The average Bonchev–Trinajstić information content (AvgIpc) is 2.89. The van der Waals surface area contributed by atoms with Gasteiger partial charge in [0.2, 0.25) is 5.91 Å². The van der Waals surface area contributed by atoms with Gasteiger partial charge in [0.1, 0.15) is 0 Å². The van der Waals surface area contributed by atoms with Gasteiger partial charge in [-0.2, -0.15) is 0 Å². The lowest BCUT2D eigenvalue weighted by Crippen LogP contribution is -2.30. The largest absolute Gasteiger partial charge is 0.352 e. The van der Waals surface area contributed by atoms with E-state index in [4.69, 9.17) is 0 Å². The molecular formula is C26H26N6O4. The van der Waals surface area contributed by atoms with E-state index in [1.165, 1.54) is 36.9 Å². The van der Waals surface area contributed by atoms with Crippen molar-refractivity contribution in [2.24, 2.45) is 0 Å². The van der Waals surface area contributed by atoms with E-state index in [1.54, 1.807) is 37.3 Å². The van der Waals surface area contributed by atoms with Crippen LogP contribution in [0.3, 0.4) is 0 Å². The Morgan fingerprint density at radius 3 is 1.64 bits per heavy atom. The Balaban J connectivity index is 1.73. The summed E-state index contributed by atoms with van der Waals surface area (Å²) in [4.78, 5) is 57.4. The highest BCUT2D eigenvalue weighted by Crippen LogP contribution is 2.21. The summed E-state index contributed by atoms with van der Waals surface area (Å²) in [5, 5.41) is 11.0. The summed E-state index contributed by atoms with van der Waals surface area (Å²) in [6, 6.07) is 10.8. The Morgan fingerprint density at radius 2 is 1.17 bits per heavy atom. The van der Waals surface area contributed by atoms with Crippen molar-refractivity contribution < 1.29 is 19.2 Å². The van der Waals surface area contributed by atoms with E-state index < -0.39 is 17.7 Å². The summed E-state index contributed by atoms with van der Waals surface area (Å²) >= 11 is 0. The number of amides is 4. The molecule has 0 spiro atoms. The molecule has 0 unspecified atom stereocenters. The van der Waals surface area contributed by atoms with Gasteiger partial charge in [-0.1, -0.05) is 6.58 Å². The SMILES string of the molecule is C=C(C)C(=O)NCCCNC(=O)c1cc(NC(=O)c2ccncc2)cc(NC(=O)c2ccncc2)c1. The molecule has 0 aliphatic heterocycles. The van der Waals surface area contributed by atoms with Crippen LogP contribution in [0.4, 0.5) is 11.4 Å². The van der Waals surface area contributed by atoms with Crippen LogP contribution in [0.15, 0.2) is 79.4 Å². The van der Waals surface area contributed by atoms with Gasteiger partial charge in [0.25, 0.3) is 17.7 Å². The van der Waals surface area contributed by atoms with Crippen molar-refractivity contribution in [1.82, 2.24) is 20.6 Å². The normalized spacial score (nSPS) is 10.1. The molecule has 4 N–H and O–H groups in total. The van der Waals surface area contributed by atoms with Crippen LogP contribution in [0.1, 0.15) is 44.4 Å². The first-order valence-electron chi connectivity index (χ1n) is 11.1. The first kappa shape index (κ1) is 25.8. The molecule has 10 nitrogen and oxygen atoms in total. The van der Waals surface area contributed by atoms with E-state index in [0.29, 0.717) is 47.6 Å². The highest BCUT2D eigenvalue weighted by molar-refractivity contribution is 6.08. The van der Waals surface area contributed by atoms with E-state index in [9.17, 15) is 19.2 Å². The van der Waals surface area contributed by atoms with Crippen molar-refractivity contribution >= 4 is 35.0 Å². The molecule has 0 aliphatic rings. The number of nitrogens with one attached hydrogen (secondary N) is 4. The van der Waals surface area contributed by atoms with Gasteiger partial charge in [-0.3, -0.25) is 29.1 Å². The Kier molecular flexibility index (Phi) is 8.99. The van der Waals surface area contributed by atoms with Crippen LogP contribution >= 0.6 is 0 Å². The van der Waals surface area contributed by atoms with Crippen LogP contribution in [0, 0.1) is 0 Å². The van der Waals surface area contributed by atoms with Gasteiger partial charge in [-0.25, -0.2) is 0 Å². The lowest BCUT2D eigenvalue weighted by Gasteiger charge is -2.13. The van der Waals surface area contributed by atoms with Crippen LogP contribution in [-0.4, -0.2) is 46.7 Å². The standard InChI is InChI=1S/C26H26N6O4/c1-17(2)23(33)29-8-3-9-30-24(34)20-14-21(31-25(35)18-4-10-27-11-5-18)16-22(15-20)32-26(36)19-6-12-28-13-7-19/h4-7,10-16H,1,3,8-9H2,2H3,(H,29,33)(H,30,34)(H,31,35)(H,32,36). The van der Waals surface area contributed by atoms with Gasteiger partial charge < -0.3 is 21.3 Å². The number of anilines is 2. The molecule has 0 fully saturated rings. The predicted molar refractivity (Wildman–Crippen MR) is 136 cm³/mol. The predicted octanol–water partition coefficient (Wildman–Crippen LogP) is 2.79. The summed E-state index contributed by atoms with van der Waals surface area (Å²) in [6.45, 7) is 5.87. The monoisotopic (exact) mass is 486 g/mol. The zero-order valence-electron chi connectivity index (χ0n) is 19.7. The molecular weight excluding hydrogens is 460 g/mol. The molecule has 36 heavy (non-hydrogen) atoms. The maximum absolute atomic E-state index is 12.8. The Labute approximate surface area is 208 Å². The number of aromatic nitrogens is 2. The first-order chi connectivity index (χ1) is 17.3. The third-order valence-electron chi connectivity index (χ3n) is 4.91. The fourth-order valence-corrected chi connectivity index (χ4v) is 3.06. The molecule has 0 saturated carbocycles. The number of hydrogen-bond donors (Lipinski definition) is 4. The summed E-state index contributed by atoms with van der Waals surface area (Å²) in [5.41, 5.74) is 2.06. The Hall–Kier alpha value is -4.86. The quantitative estimate of drug-likeness (QED) is 0.256. The Morgan fingerprint density at radius 1 is 0.694 bits per heavy atom. The summed E-state index contributed by atoms with van der Waals surface area (Å²) in [6.07, 6.45) is 6.50. The van der Waals surface area contributed by atoms with Crippen molar-refractivity contribution in [1.29, 1.82) is 0 Å². The van der Waals surface area contributed by atoms with Gasteiger partial charge in [0.15, 0.2) is 0 Å². The van der Waals surface area contributed by atoms with E-state index in [0.717, 1.165) is 0 Å². The molecule has 0 bridgehead atoms. The van der Waals surface area contributed by atoms with Gasteiger partial charge in [0, 0.05) is 71.5 Å². The second-order valence-electron chi connectivity index (χ2n) is 7.82. The van der Waals surface area contributed by atoms with Crippen LogP contribution in [0.2, 0.25) is 0 Å². The molecule has 0 saturated heterocycles. The first-order valence-corrected chi connectivity index (χ1v) is 11.1. The number of benzene rings is 1. The summed E-state index contributed by atoms with van der Waals surface area (Å²) in [5.74, 6) is -1.43. The fourth-order valence-electron chi connectivity index (χ4n) is 3.06. The van der Waals surface area contributed by atoms with Crippen LogP contribution in [-0.2, 0) is 4.79 Å². The minimum absolute atomic E-state index is 0.235. The number of pyridine rings is 2. The number of hydrogen-bond acceptors (Lipinski definition) is 6. The molecule has 3 aromatic rings. The zero-order chi connectivity index (χ0) is 25.9. The fraction of sp³-hybridized carbons (Fsp3) is 0.154. The maximum atomic E-state index is 12.8. The van der Waals surface area contributed by atoms with E-state index in [-0.39, 0.29) is 11.5 Å². The molecule has 4 amide bonds. The number of nitrogens with zero attached hydrogens (tertiary/aromatic N) is 2. The van der Waals surface area contributed by atoms with Crippen molar-refractivity contribution in [3.05, 3.63) is 96.1 Å². The lowest BCUT2D eigenvalue weighted by molar-refractivity contribution is -0.117. The second kappa shape index (κ2) is 12.6. The molecule has 0 aliphatic carbocycles. The van der Waals surface area contributed by atoms with E-state index >= 15 is 0 Å². The van der Waals surface area contributed by atoms with E-state index in [2.05, 4.69) is 37.8 Å². The number of rotatable bonds is 10. The van der Waals surface area contributed by atoms with Crippen molar-refractivity contribution in [2.45, 2.75) is 13.3 Å². The smallest absolute Gasteiger partial charge is 0.255 e. The zero-order valence-corrected chi connectivity index (χ0v) is 19.7. The van der Waals surface area contributed by atoms with Crippen LogP contribution < -0.4 is 21.3 Å². The van der Waals surface area contributed by atoms with Gasteiger partial charge in [-0.15, -0.1) is 0 Å². The second-order valence-corrected chi connectivity index (χ2v) is 7.82. The van der Waals surface area contributed by atoms with E-state index in [1.807, 2.05) is 0 Å². The van der Waals surface area contributed by atoms with Crippen LogP contribution in [0.25, 0.3) is 0 Å². The maximum Gasteiger partial charge on any atom is 0.255 e. The van der Waals surface area contributed by atoms with Crippen molar-refractivity contribution in [3.8, 4) is 0 Å². The van der Waals surface area contributed by atoms with Crippen molar-refractivity contribution in [3.63, 3.8) is 0 Å². The van der Waals surface area contributed by atoms with Gasteiger partial charge in [0.05, 0.1) is 0 Å². The summed E-state index contributed by atoms with van der Waals surface area (Å²) < 4.78 is 0. The highest BCUT2D eigenvalue weighted by atomic mass is 16.2. The molecule has 2 heterocycles. The number of carbonyl (C=O) groups is 4. The van der Waals surface area contributed by atoms with Crippen molar-refractivity contribution in [2.75, 3.05) is 23.7 Å². The topological polar surface area (TPSA) is 142 Å². The molecule has 1 aromatic carbocycles. The molecule has 0 radical (unpaired) electrons. The van der Waals surface area contributed by atoms with Gasteiger partial charge in [-0.05, 0) is 55.8 Å². The third kappa shape index (κ3) is 7.59. The molecule has 184 valence electrons. The third-order valence-corrected chi connectivity index (χ3v) is 4.91. The molecule has 2 aromatic heterocycles.